The summed E-state index contributed by atoms with van der Waals surface area (Å²) in [5.74, 6) is -0.631. The first-order chi connectivity index (χ1) is 8.97. The summed E-state index contributed by atoms with van der Waals surface area (Å²) >= 11 is 1.63. The van der Waals surface area contributed by atoms with Gasteiger partial charge in [0.2, 0.25) is 0 Å². The summed E-state index contributed by atoms with van der Waals surface area (Å²) < 4.78 is 0. The smallest absolute Gasteiger partial charge is 0.303 e. The number of amides is 1. The molecule has 1 atom stereocenters. The van der Waals surface area contributed by atoms with Crippen LogP contribution in [0, 0.1) is 19.8 Å². The maximum atomic E-state index is 12.5. The molecule has 104 valence electrons. The summed E-state index contributed by atoms with van der Waals surface area (Å²) in [5.41, 5.74) is 0.776. The van der Waals surface area contributed by atoms with Gasteiger partial charge in [0.1, 0.15) is 0 Å². The van der Waals surface area contributed by atoms with E-state index in [9.17, 15) is 9.59 Å². The topological polar surface area (TPSA) is 57.6 Å². The Morgan fingerprint density at radius 1 is 1.47 bits per heavy atom. The Labute approximate surface area is 117 Å². The molecule has 0 aliphatic carbocycles. The van der Waals surface area contributed by atoms with Crippen LogP contribution in [0.3, 0.4) is 0 Å². The van der Waals surface area contributed by atoms with Gasteiger partial charge in [0, 0.05) is 29.3 Å². The van der Waals surface area contributed by atoms with Gasteiger partial charge in [-0.05, 0) is 38.7 Å². The SMILES string of the molecule is Cc1cc(C(=O)N2CCCC(CC(=O)O)C2)c(C)s1. The van der Waals surface area contributed by atoms with E-state index in [1.54, 1.807) is 11.3 Å². The number of piperidine rings is 1. The van der Waals surface area contributed by atoms with Crippen molar-refractivity contribution in [2.24, 2.45) is 5.92 Å². The van der Waals surface area contributed by atoms with E-state index in [-0.39, 0.29) is 18.2 Å². The highest BCUT2D eigenvalue weighted by molar-refractivity contribution is 7.12. The second kappa shape index (κ2) is 5.74. The molecule has 1 amide bonds. The third-order valence-electron chi connectivity index (χ3n) is 3.54. The van der Waals surface area contributed by atoms with Crippen molar-refractivity contribution >= 4 is 23.2 Å². The van der Waals surface area contributed by atoms with Gasteiger partial charge in [0.15, 0.2) is 0 Å². The molecule has 2 heterocycles. The van der Waals surface area contributed by atoms with E-state index in [0.717, 1.165) is 34.7 Å². The summed E-state index contributed by atoms with van der Waals surface area (Å²) in [4.78, 5) is 27.2. The van der Waals surface area contributed by atoms with Crippen LogP contribution in [0.2, 0.25) is 0 Å². The summed E-state index contributed by atoms with van der Waals surface area (Å²) in [7, 11) is 0. The molecule has 1 aromatic rings. The Morgan fingerprint density at radius 3 is 2.79 bits per heavy atom. The van der Waals surface area contributed by atoms with Gasteiger partial charge in [0.05, 0.1) is 5.56 Å². The fourth-order valence-corrected chi connectivity index (χ4v) is 3.59. The summed E-state index contributed by atoms with van der Waals surface area (Å²) in [5, 5.41) is 8.85. The van der Waals surface area contributed by atoms with Crippen LogP contribution in [0.1, 0.15) is 39.4 Å². The number of aliphatic carboxylic acids is 1. The number of hydrogen-bond acceptors (Lipinski definition) is 3. The van der Waals surface area contributed by atoms with E-state index in [4.69, 9.17) is 5.11 Å². The third kappa shape index (κ3) is 3.35. The number of nitrogens with zero attached hydrogens (tertiary/aromatic N) is 1. The minimum atomic E-state index is -0.776. The zero-order chi connectivity index (χ0) is 14.0. The van der Waals surface area contributed by atoms with Gasteiger partial charge in [-0.25, -0.2) is 0 Å². The molecule has 0 spiro atoms. The second-order valence-corrected chi connectivity index (χ2v) is 6.64. The molecule has 0 radical (unpaired) electrons. The van der Waals surface area contributed by atoms with Gasteiger partial charge < -0.3 is 10.0 Å². The van der Waals surface area contributed by atoms with Gasteiger partial charge in [-0.3, -0.25) is 9.59 Å². The van der Waals surface area contributed by atoms with Crippen molar-refractivity contribution in [1.82, 2.24) is 4.90 Å². The molecular weight excluding hydrogens is 262 g/mol. The first kappa shape index (κ1) is 14.1. The molecule has 1 unspecified atom stereocenters. The molecule has 0 aromatic carbocycles. The van der Waals surface area contributed by atoms with E-state index < -0.39 is 5.97 Å². The fourth-order valence-electron chi connectivity index (χ4n) is 2.68. The number of hydrogen-bond donors (Lipinski definition) is 1. The number of carbonyl (C=O) groups excluding carboxylic acids is 1. The standard InChI is InChI=1S/C14H19NO3S/c1-9-6-12(10(2)19-9)14(18)15-5-3-4-11(8-15)7-13(16)17/h6,11H,3-5,7-8H2,1-2H3,(H,16,17). The second-order valence-electron chi connectivity index (χ2n) is 5.18. The fraction of sp³-hybridized carbons (Fsp3) is 0.571. The molecule has 5 heteroatoms. The van der Waals surface area contributed by atoms with Gasteiger partial charge in [-0.2, -0.15) is 0 Å². The molecule has 19 heavy (non-hydrogen) atoms. The highest BCUT2D eigenvalue weighted by Crippen LogP contribution is 2.25. The van der Waals surface area contributed by atoms with Crippen molar-refractivity contribution in [2.75, 3.05) is 13.1 Å². The monoisotopic (exact) mass is 281 g/mol. The third-order valence-corrected chi connectivity index (χ3v) is 4.51. The number of carboxylic acid groups (broad SMARTS) is 1. The molecule has 1 N–H and O–H groups in total. The molecule has 0 bridgehead atoms. The molecule has 4 nitrogen and oxygen atoms in total. The Hall–Kier alpha value is -1.36. The highest BCUT2D eigenvalue weighted by atomic mass is 32.1. The molecule has 1 aromatic heterocycles. The number of carbonyl (C=O) groups is 2. The van der Waals surface area contributed by atoms with Crippen molar-refractivity contribution in [2.45, 2.75) is 33.1 Å². The predicted octanol–water partition coefficient (Wildman–Crippen LogP) is 2.69. The molecular formula is C14H19NO3S. The Balaban J connectivity index is 2.07. The lowest BCUT2D eigenvalue weighted by atomic mass is 9.94. The maximum Gasteiger partial charge on any atom is 0.303 e. The molecule has 1 aliphatic heterocycles. The lowest BCUT2D eigenvalue weighted by molar-refractivity contribution is -0.138. The Bertz CT molecular complexity index is 495. The minimum absolute atomic E-state index is 0.0527. The average Bonchev–Trinajstić information content (AvgIpc) is 2.67. The molecule has 2 rings (SSSR count). The van der Waals surface area contributed by atoms with E-state index in [1.165, 1.54) is 0 Å². The number of likely N-dealkylation sites (tertiary alicyclic amines) is 1. The average molecular weight is 281 g/mol. The molecule has 1 fully saturated rings. The maximum absolute atomic E-state index is 12.5. The number of rotatable bonds is 3. The van der Waals surface area contributed by atoms with Gasteiger partial charge in [-0.1, -0.05) is 0 Å². The number of aryl methyl sites for hydroxylation is 2. The largest absolute Gasteiger partial charge is 0.481 e. The van der Waals surface area contributed by atoms with E-state index in [2.05, 4.69) is 0 Å². The summed E-state index contributed by atoms with van der Waals surface area (Å²) in [6.45, 7) is 5.27. The Morgan fingerprint density at radius 2 is 2.21 bits per heavy atom. The summed E-state index contributed by atoms with van der Waals surface area (Å²) in [6, 6.07) is 1.93. The van der Waals surface area contributed by atoms with Gasteiger partial charge >= 0.3 is 5.97 Å². The quantitative estimate of drug-likeness (QED) is 0.926. The van der Waals surface area contributed by atoms with Crippen molar-refractivity contribution in [3.8, 4) is 0 Å². The van der Waals surface area contributed by atoms with Crippen LogP contribution in [0.5, 0.6) is 0 Å². The van der Waals surface area contributed by atoms with Crippen LogP contribution in [0.15, 0.2) is 6.07 Å². The van der Waals surface area contributed by atoms with Gasteiger partial charge in [0.25, 0.3) is 5.91 Å². The molecule has 0 saturated carbocycles. The van der Waals surface area contributed by atoms with Crippen LogP contribution >= 0.6 is 11.3 Å². The molecule has 1 saturated heterocycles. The van der Waals surface area contributed by atoms with Crippen LogP contribution in [-0.4, -0.2) is 35.0 Å². The first-order valence-electron chi connectivity index (χ1n) is 6.55. The van der Waals surface area contributed by atoms with Crippen LogP contribution < -0.4 is 0 Å². The number of carboxylic acids is 1. The van der Waals surface area contributed by atoms with Crippen LogP contribution in [0.25, 0.3) is 0 Å². The lowest BCUT2D eigenvalue weighted by Gasteiger charge is -2.32. The summed E-state index contributed by atoms with van der Waals surface area (Å²) in [6.07, 6.45) is 1.95. The van der Waals surface area contributed by atoms with Crippen molar-refractivity contribution in [1.29, 1.82) is 0 Å². The zero-order valence-corrected chi connectivity index (χ0v) is 12.1. The minimum Gasteiger partial charge on any atom is -0.481 e. The van der Waals surface area contributed by atoms with E-state index >= 15 is 0 Å². The highest BCUT2D eigenvalue weighted by Gasteiger charge is 2.27. The van der Waals surface area contributed by atoms with Crippen molar-refractivity contribution < 1.29 is 14.7 Å². The zero-order valence-electron chi connectivity index (χ0n) is 11.3. The Kier molecular flexibility index (Phi) is 4.24. The van der Waals surface area contributed by atoms with Crippen molar-refractivity contribution in [3.63, 3.8) is 0 Å². The van der Waals surface area contributed by atoms with Crippen LogP contribution in [0.4, 0.5) is 0 Å². The van der Waals surface area contributed by atoms with E-state index in [0.29, 0.717) is 6.54 Å². The molecule has 1 aliphatic rings. The van der Waals surface area contributed by atoms with Gasteiger partial charge in [-0.15, -0.1) is 11.3 Å². The predicted molar refractivity (Wildman–Crippen MR) is 74.7 cm³/mol. The normalized spacial score (nSPS) is 19.5. The van der Waals surface area contributed by atoms with Crippen LogP contribution in [-0.2, 0) is 4.79 Å². The first-order valence-corrected chi connectivity index (χ1v) is 7.37. The lowest BCUT2D eigenvalue weighted by Crippen LogP contribution is -2.40. The number of thiophene rings is 1. The van der Waals surface area contributed by atoms with Crippen molar-refractivity contribution in [3.05, 3.63) is 21.4 Å². The van der Waals surface area contributed by atoms with E-state index in [1.807, 2.05) is 24.8 Å².